The summed E-state index contributed by atoms with van der Waals surface area (Å²) >= 11 is 6.88. The zero-order valence-electron chi connectivity index (χ0n) is 13.2. The lowest BCUT2D eigenvalue weighted by atomic mass is 10.3. The number of amides is 2. The standard InChI is InChI=1S/C16H17ClN2O4S/c1-3-22-11-4-6-12(7-5-11)23-10(2)15(20)18-19-16(21)13-8-9-14(17)24-13/h4-10H,3H2,1-2H3,(H,18,20)(H,19,21). The van der Waals surface area contributed by atoms with E-state index in [1.807, 2.05) is 6.92 Å². The molecule has 0 aliphatic carbocycles. The van der Waals surface area contributed by atoms with Crippen molar-refractivity contribution in [3.05, 3.63) is 45.6 Å². The second kappa shape index (κ2) is 8.56. The molecule has 2 aromatic rings. The van der Waals surface area contributed by atoms with Crippen molar-refractivity contribution in [3.63, 3.8) is 0 Å². The van der Waals surface area contributed by atoms with Crippen LogP contribution in [0, 0.1) is 0 Å². The molecule has 2 amide bonds. The van der Waals surface area contributed by atoms with Gasteiger partial charge in [-0.1, -0.05) is 11.6 Å². The van der Waals surface area contributed by atoms with E-state index in [1.165, 1.54) is 0 Å². The van der Waals surface area contributed by atoms with Gasteiger partial charge in [-0.2, -0.15) is 0 Å². The van der Waals surface area contributed by atoms with Crippen LogP contribution in [0.1, 0.15) is 23.5 Å². The van der Waals surface area contributed by atoms with Crippen molar-refractivity contribution in [2.24, 2.45) is 0 Å². The van der Waals surface area contributed by atoms with Crippen LogP contribution in [-0.4, -0.2) is 24.5 Å². The SMILES string of the molecule is CCOc1ccc(OC(C)C(=O)NNC(=O)c2ccc(Cl)s2)cc1. The van der Waals surface area contributed by atoms with Gasteiger partial charge in [-0.15, -0.1) is 11.3 Å². The predicted molar refractivity (Wildman–Crippen MR) is 92.6 cm³/mol. The van der Waals surface area contributed by atoms with Gasteiger partial charge >= 0.3 is 0 Å². The van der Waals surface area contributed by atoms with Crippen LogP contribution in [0.3, 0.4) is 0 Å². The Labute approximate surface area is 148 Å². The molecule has 6 nitrogen and oxygen atoms in total. The normalized spacial score (nSPS) is 11.5. The quantitative estimate of drug-likeness (QED) is 0.768. The number of hydrogen-bond donors (Lipinski definition) is 2. The summed E-state index contributed by atoms with van der Waals surface area (Å²) in [7, 11) is 0. The summed E-state index contributed by atoms with van der Waals surface area (Å²) in [5.74, 6) is 0.342. The van der Waals surface area contributed by atoms with E-state index in [-0.39, 0.29) is 0 Å². The molecule has 0 bridgehead atoms. The summed E-state index contributed by atoms with van der Waals surface area (Å²) in [6.07, 6.45) is -0.782. The Balaban J connectivity index is 1.82. The molecule has 2 rings (SSSR count). The maximum atomic E-state index is 12.0. The zero-order valence-corrected chi connectivity index (χ0v) is 14.7. The number of halogens is 1. The highest BCUT2D eigenvalue weighted by Gasteiger charge is 2.16. The minimum atomic E-state index is -0.782. The fourth-order valence-electron chi connectivity index (χ4n) is 1.76. The van der Waals surface area contributed by atoms with E-state index >= 15 is 0 Å². The highest BCUT2D eigenvalue weighted by molar-refractivity contribution is 7.17. The first-order valence-electron chi connectivity index (χ1n) is 7.24. The smallest absolute Gasteiger partial charge is 0.279 e. The predicted octanol–water partition coefficient (Wildman–Crippen LogP) is 3.03. The lowest BCUT2D eigenvalue weighted by Crippen LogP contribution is -2.47. The van der Waals surface area contributed by atoms with Gasteiger partial charge in [-0.3, -0.25) is 20.4 Å². The zero-order chi connectivity index (χ0) is 17.5. The second-order valence-electron chi connectivity index (χ2n) is 4.71. The molecule has 1 aromatic heterocycles. The van der Waals surface area contributed by atoms with Gasteiger partial charge in [0.1, 0.15) is 11.5 Å². The Morgan fingerprint density at radius 3 is 2.38 bits per heavy atom. The maximum Gasteiger partial charge on any atom is 0.279 e. The molecule has 0 radical (unpaired) electrons. The van der Waals surface area contributed by atoms with Crippen LogP contribution in [0.4, 0.5) is 0 Å². The van der Waals surface area contributed by atoms with Crippen molar-refractivity contribution < 1.29 is 19.1 Å². The largest absolute Gasteiger partial charge is 0.494 e. The average molecular weight is 369 g/mol. The van der Waals surface area contributed by atoms with Gasteiger partial charge in [-0.25, -0.2) is 0 Å². The summed E-state index contributed by atoms with van der Waals surface area (Å²) in [4.78, 5) is 24.2. The topological polar surface area (TPSA) is 76.7 Å². The first kappa shape index (κ1) is 18.1. The Kier molecular flexibility index (Phi) is 6.45. The average Bonchev–Trinajstić information content (AvgIpc) is 3.01. The molecular formula is C16H17ClN2O4S. The molecule has 0 saturated carbocycles. The van der Waals surface area contributed by atoms with E-state index in [9.17, 15) is 9.59 Å². The lowest BCUT2D eigenvalue weighted by molar-refractivity contribution is -0.128. The summed E-state index contributed by atoms with van der Waals surface area (Å²) in [5, 5.41) is 0. The molecule has 0 saturated heterocycles. The molecule has 8 heteroatoms. The number of carbonyl (C=O) groups is 2. The van der Waals surface area contributed by atoms with Crippen molar-refractivity contribution in [2.45, 2.75) is 20.0 Å². The molecule has 1 heterocycles. The summed E-state index contributed by atoms with van der Waals surface area (Å²) < 4.78 is 11.3. The number of hydrazine groups is 1. The lowest BCUT2D eigenvalue weighted by Gasteiger charge is -2.15. The fourth-order valence-corrected chi connectivity index (χ4v) is 2.70. The van der Waals surface area contributed by atoms with Gasteiger partial charge in [-0.05, 0) is 50.2 Å². The first-order chi connectivity index (χ1) is 11.5. The van der Waals surface area contributed by atoms with Gasteiger partial charge < -0.3 is 9.47 Å². The fraction of sp³-hybridized carbons (Fsp3) is 0.250. The van der Waals surface area contributed by atoms with Crippen molar-refractivity contribution in [1.29, 1.82) is 0 Å². The molecule has 0 spiro atoms. The molecule has 1 atom stereocenters. The van der Waals surface area contributed by atoms with Crippen molar-refractivity contribution in [3.8, 4) is 11.5 Å². The molecular weight excluding hydrogens is 352 g/mol. The van der Waals surface area contributed by atoms with Crippen LogP contribution in [0.25, 0.3) is 0 Å². The molecule has 128 valence electrons. The first-order valence-corrected chi connectivity index (χ1v) is 8.44. The van der Waals surface area contributed by atoms with Crippen molar-refractivity contribution in [1.82, 2.24) is 10.9 Å². The summed E-state index contributed by atoms with van der Waals surface area (Å²) in [6, 6.07) is 10.1. The number of hydrogen-bond acceptors (Lipinski definition) is 5. The Hall–Kier alpha value is -2.25. The van der Waals surface area contributed by atoms with Crippen molar-refractivity contribution in [2.75, 3.05) is 6.61 Å². The summed E-state index contributed by atoms with van der Waals surface area (Å²) in [6.45, 7) is 4.06. The van der Waals surface area contributed by atoms with E-state index in [1.54, 1.807) is 43.3 Å². The van der Waals surface area contributed by atoms with E-state index in [0.29, 0.717) is 21.6 Å². The number of rotatable bonds is 6. The summed E-state index contributed by atoms with van der Waals surface area (Å²) in [5.41, 5.74) is 4.64. The van der Waals surface area contributed by atoms with Crippen LogP contribution >= 0.6 is 22.9 Å². The monoisotopic (exact) mass is 368 g/mol. The molecule has 2 N–H and O–H groups in total. The third-order valence-electron chi connectivity index (χ3n) is 2.91. The molecule has 0 aliphatic heterocycles. The highest BCUT2D eigenvalue weighted by Crippen LogP contribution is 2.21. The second-order valence-corrected chi connectivity index (χ2v) is 6.43. The van der Waals surface area contributed by atoms with Crippen LogP contribution in [0.5, 0.6) is 11.5 Å². The third kappa shape index (κ3) is 5.14. The van der Waals surface area contributed by atoms with E-state index in [0.717, 1.165) is 17.1 Å². The molecule has 1 aromatic carbocycles. The minimum absolute atomic E-state index is 0.403. The number of thiophene rings is 1. The third-order valence-corrected chi connectivity index (χ3v) is 4.14. The molecule has 0 aliphatic rings. The van der Waals surface area contributed by atoms with Crippen LogP contribution in [0.2, 0.25) is 4.34 Å². The number of benzene rings is 1. The Morgan fingerprint density at radius 2 is 1.79 bits per heavy atom. The van der Waals surface area contributed by atoms with Crippen molar-refractivity contribution >= 4 is 34.8 Å². The van der Waals surface area contributed by atoms with Gasteiger partial charge in [0.05, 0.1) is 15.8 Å². The van der Waals surface area contributed by atoms with Crippen LogP contribution in [-0.2, 0) is 4.79 Å². The number of carbonyl (C=O) groups excluding carboxylic acids is 2. The molecule has 1 unspecified atom stereocenters. The van der Waals surface area contributed by atoms with E-state index < -0.39 is 17.9 Å². The molecule has 24 heavy (non-hydrogen) atoms. The van der Waals surface area contributed by atoms with E-state index in [4.69, 9.17) is 21.1 Å². The minimum Gasteiger partial charge on any atom is -0.494 e. The Bertz CT molecular complexity index is 702. The Morgan fingerprint density at radius 1 is 1.12 bits per heavy atom. The van der Waals surface area contributed by atoms with Crippen LogP contribution < -0.4 is 20.3 Å². The number of ether oxygens (including phenoxy) is 2. The maximum absolute atomic E-state index is 12.0. The van der Waals surface area contributed by atoms with Crippen LogP contribution in [0.15, 0.2) is 36.4 Å². The van der Waals surface area contributed by atoms with Gasteiger partial charge in [0.15, 0.2) is 6.10 Å². The molecule has 0 fully saturated rings. The van der Waals surface area contributed by atoms with E-state index in [2.05, 4.69) is 10.9 Å². The van der Waals surface area contributed by atoms with Gasteiger partial charge in [0, 0.05) is 0 Å². The number of nitrogens with one attached hydrogen (secondary N) is 2. The highest BCUT2D eigenvalue weighted by atomic mass is 35.5. The van der Waals surface area contributed by atoms with Gasteiger partial charge in [0.2, 0.25) is 0 Å². The van der Waals surface area contributed by atoms with Gasteiger partial charge in [0.25, 0.3) is 11.8 Å².